The van der Waals surface area contributed by atoms with Gasteiger partial charge in [0.05, 0.1) is 22.8 Å². The van der Waals surface area contributed by atoms with E-state index < -0.39 is 0 Å². The van der Waals surface area contributed by atoms with Gasteiger partial charge >= 0.3 is 0 Å². The first kappa shape index (κ1) is 32.5. The summed E-state index contributed by atoms with van der Waals surface area (Å²) in [7, 11) is 0. The highest BCUT2D eigenvalue weighted by molar-refractivity contribution is 6.16. The number of amidine groups is 2. The molecule has 0 saturated heterocycles. The van der Waals surface area contributed by atoms with Gasteiger partial charge in [-0.3, -0.25) is 0 Å². The SMILES string of the molecule is CC1(C)c2cc(C#N)ccc2-c2c(-c3ccc(-c4ccc5ccc(-c6ccc(C7=[N+](c8ccccc8)C(c8ccccc8)=N7)cc6)cc5c4)cc3)cccc21. The van der Waals surface area contributed by atoms with Gasteiger partial charge in [0.15, 0.2) is 0 Å². The largest absolute Gasteiger partial charge is 0.279 e. The lowest BCUT2D eigenvalue weighted by Crippen LogP contribution is -2.34. The molecule has 0 spiro atoms. The first-order chi connectivity index (χ1) is 27.0. The van der Waals surface area contributed by atoms with Crippen molar-refractivity contribution in [2.45, 2.75) is 19.3 Å². The Morgan fingerprint density at radius 3 is 1.73 bits per heavy atom. The average Bonchev–Trinajstić information content (AvgIpc) is 3.46. The first-order valence-electron chi connectivity index (χ1n) is 18.8. The highest BCUT2D eigenvalue weighted by atomic mass is 15.2. The van der Waals surface area contributed by atoms with Crippen LogP contribution < -0.4 is 0 Å². The second-order valence-corrected chi connectivity index (χ2v) is 15.0. The fourth-order valence-corrected chi connectivity index (χ4v) is 8.41. The molecule has 1 heterocycles. The quantitative estimate of drug-likeness (QED) is 0.159. The summed E-state index contributed by atoms with van der Waals surface area (Å²) in [6.07, 6.45) is 0. The molecular formula is C52H36N3+. The lowest BCUT2D eigenvalue weighted by atomic mass is 9.81. The maximum Gasteiger partial charge on any atom is 0.279 e. The number of nitrogens with zero attached hydrogens (tertiary/aromatic N) is 3. The standard InChI is InChI=1S/C52H36N3/c1-52(2)47-15-9-14-45(49(47)46-29-16-34(33-53)30-48(46)52)38-23-17-35(18-24-38)41-27-21-37-22-28-42(32-43(37)31-41)36-19-25-40(26-20-36)51-54-50(39-10-5-3-6-11-39)55(51)44-12-7-4-8-13-44/h3-32H,1-2H3/q+1. The number of nitriles is 1. The minimum Gasteiger partial charge on any atom is -0.192 e. The normalized spacial score (nSPS) is 13.8. The molecule has 0 bridgehead atoms. The van der Waals surface area contributed by atoms with Gasteiger partial charge in [-0.25, -0.2) is 0 Å². The highest BCUT2D eigenvalue weighted by Crippen LogP contribution is 2.52. The smallest absolute Gasteiger partial charge is 0.192 e. The summed E-state index contributed by atoms with van der Waals surface area (Å²) in [5, 5.41) is 12.0. The molecule has 10 rings (SSSR count). The zero-order valence-corrected chi connectivity index (χ0v) is 30.7. The minimum absolute atomic E-state index is 0.167. The molecule has 8 aromatic rings. The summed E-state index contributed by atoms with van der Waals surface area (Å²) in [6, 6.07) is 67.1. The Labute approximate surface area is 321 Å². The second kappa shape index (κ2) is 12.8. The Morgan fingerprint density at radius 2 is 1.07 bits per heavy atom. The van der Waals surface area contributed by atoms with Crippen molar-refractivity contribution in [2.75, 3.05) is 0 Å². The molecule has 0 saturated carbocycles. The van der Waals surface area contributed by atoms with Crippen LogP contribution in [0.4, 0.5) is 5.69 Å². The fraction of sp³-hybridized carbons (Fsp3) is 0.0577. The van der Waals surface area contributed by atoms with E-state index in [1.54, 1.807) is 0 Å². The third-order valence-corrected chi connectivity index (χ3v) is 11.4. The van der Waals surface area contributed by atoms with E-state index in [1.807, 2.05) is 18.2 Å². The van der Waals surface area contributed by atoms with Crippen LogP contribution in [0.5, 0.6) is 0 Å². The van der Waals surface area contributed by atoms with Crippen molar-refractivity contribution in [3.8, 4) is 50.6 Å². The number of fused-ring (bicyclic) bond motifs is 4. The molecule has 0 amide bonds. The third kappa shape index (κ3) is 5.42. The first-order valence-corrected chi connectivity index (χ1v) is 18.8. The number of rotatable bonds is 6. The van der Waals surface area contributed by atoms with Crippen molar-refractivity contribution in [2.24, 2.45) is 4.99 Å². The summed E-state index contributed by atoms with van der Waals surface area (Å²) in [6.45, 7) is 4.52. The number of aliphatic imine (C=N–C) groups is 1. The molecule has 0 atom stereocenters. The van der Waals surface area contributed by atoms with Crippen LogP contribution in [0.25, 0.3) is 55.3 Å². The van der Waals surface area contributed by atoms with Gasteiger partial charge in [0.25, 0.3) is 11.7 Å². The van der Waals surface area contributed by atoms with Crippen LogP contribution in [0.15, 0.2) is 187 Å². The molecule has 3 heteroatoms. The zero-order chi connectivity index (χ0) is 37.1. The van der Waals surface area contributed by atoms with E-state index in [4.69, 9.17) is 4.99 Å². The molecular weight excluding hydrogens is 667 g/mol. The van der Waals surface area contributed by atoms with E-state index in [0.717, 1.165) is 28.5 Å². The highest BCUT2D eigenvalue weighted by Gasteiger charge is 2.37. The zero-order valence-electron chi connectivity index (χ0n) is 30.7. The van der Waals surface area contributed by atoms with E-state index in [0.29, 0.717) is 5.56 Å². The minimum atomic E-state index is -0.167. The van der Waals surface area contributed by atoms with Gasteiger partial charge in [-0.2, -0.15) is 9.84 Å². The van der Waals surface area contributed by atoms with Crippen LogP contribution in [-0.2, 0) is 5.41 Å². The maximum atomic E-state index is 9.59. The van der Waals surface area contributed by atoms with Crippen LogP contribution in [-0.4, -0.2) is 16.2 Å². The Balaban J connectivity index is 0.941. The Bertz CT molecular complexity index is 2910. The molecule has 8 aromatic carbocycles. The molecule has 0 N–H and O–H groups in total. The van der Waals surface area contributed by atoms with E-state index in [-0.39, 0.29) is 5.41 Å². The maximum absolute atomic E-state index is 9.59. The molecule has 0 aromatic heterocycles. The topological polar surface area (TPSA) is 39.2 Å². The van der Waals surface area contributed by atoms with Gasteiger partial charge in [0.2, 0.25) is 0 Å². The van der Waals surface area contributed by atoms with Crippen molar-refractivity contribution in [1.29, 1.82) is 5.26 Å². The Hall–Kier alpha value is -7.15. The van der Waals surface area contributed by atoms with Gasteiger partial charge in [-0.1, -0.05) is 140 Å². The van der Waals surface area contributed by atoms with Gasteiger partial charge < -0.3 is 0 Å². The Morgan fingerprint density at radius 1 is 0.473 bits per heavy atom. The fourth-order valence-electron chi connectivity index (χ4n) is 8.41. The summed E-state index contributed by atoms with van der Waals surface area (Å²) >= 11 is 0. The number of benzene rings is 8. The molecule has 3 nitrogen and oxygen atoms in total. The molecule has 258 valence electrons. The van der Waals surface area contributed by atoms with Crippen molar-refractivity contribution in [3.05, 3.63) is 210 Å². The third-order valence-electron chi connectivity index (χ3n) is 11.4. The van der Waals surface area contributed by atoms with Crippen LogP contribution in [0.2, 0.25) is 0 Å². The molecule has 0 unspecified atom stereocenters. The van der Waals surface area contributed by atoms with Crippen molar-refractivity contribution in [3.63, 3.8) is 0 Å². The molecule has 0 radical (unpaired) electrons. The van der Waals surface area contributed by atoms with E-state index in [1.165, 1.54) is 66.4 Å². The van der Waals surface area contributed by atoms with E-state index >= 15 is 0 Å². The van der Waals surface area contributed by atoms with E-state index in [9.17, 15) is 5.26 Å². The summed E-state index contributed by atoms with van der Waals surface area (Å²) in [5.74, 6) is 1.91. The summed E-state index contributed by atoms with van der Waals surface area (Å²) < 4.78 is 2.24. The van der Waals surface area contributed by atoms with Crippen LogP contribution in [0, 0.1) is 11.3 Å². The van der Waals surface area contributed by atoms with Gasteiger partial charge in [0.1, 0.15) is 5.69 Å². The lowest BCUT2D eigenvalue weighted by Gasteiger charge is -2.21. The summed E-state index contributed by atoms with van der Waals surface area (Å²) in [4.78, 5) is 5.01. The van der Waals surface area contributed by atoms with Crippen molar-refractivity contribution >= 4 is 28.1 Å². The summed E-state index contributed by atoms with van der Waals surface area (Å²) in [5.41, 5.74) is 16.0. The Kier molecular flexibility index (Phi) is 7.54. The average molecular weight is 703 g/mol. The van der Waals surface area contributed by atoms with Gasteiger partial charge in [-0.15, -0.1) is 0 Å². The van der Waals surface area contributed by atoms with Crippen molar-refractivity contribution < 1.29 is 4.58 Å². The number of hydrogen-bond acceptors (Lipinski definition) is 2. The van der Waals surface area contributed by atoms with E-state index in [2.05, 4.69) is 188 Å². The monoisotopic (exact) mass is 702 g/mol. The molecule has 55 heavy (non-hydrogen) atoms. The molecule has 1 aliphatic carbocycles. The second-order valence-electron chi connectivity index (χ2n) is 15.0. The van der Waals surface area contributed by atoms with Crippen LogP contribution in [0.3, 0.4) is 0 Å². The molecule has 1 aliphatic heterocycles. The van der Waals surface area contributed by atoms with Crippen LogP contribution in [0.1, 0.15) is 41.7 Å². The predicted molar refractivity (Wildman–Crippen MR) is 226 cm³/mol. The number of para-hydroxylation sites is 1. The predicted octanol–water partition coefficient (Wildman–Crippen LogP) is 12.6. The van der Waals surface area contributed by atoms with Gasteiger partial charge in [-0.05, 0) is 127 Å². The molecule has 0 fully saturated rings. The number of hydrogen-bond donors (Lipinski definition) is 0. The lowest BCUT2D eigenvalue weighted by molar-refractivity contribution is -0.319. The van der Waals surface area contributed by atoms with Crippen LogP contribution >= 0.6 is 0 Å². The van der Waals surface area contributed by atoms with Gasteiger partial charge in [0, 0.05) is 5.41 Å². The molecule has 2 aliphatic rings. The van der Waals surface area contributed by atoms with Crippen molar-refractivity contribution in [1.82, 2.24) is 0 Å².